The predicted molar refractivity (Wildman–Crippen MR) is 58.6 cm³/mol. The summed E-state index contributed by atoms with van der Waals surface area (Å²) >= 11 is 0. The zero-order valence-electron chi connectivity index (χ0n) is 9.76. The minimum absolute atomic E-state index is 0.0726. The van der Waals surface area contributed by atoms with Gasteiger partial charge in [0.2, 0.25) is 5.91 Å². The van der Waals surface area contributed by atoms with Crippen LogP contribution in [0.15, 0.2) is 0 Å². The fraction of sp³-hybridized carbons (Fsp3) is 0.778. The van der Waals surface area contributed by atoms with Crippen LogP contribution in [0.5, 0.6) is 0 Å². The average molecular weight is 216 g/mol. The van der Waals surface area contributed by atoms with Gasteiger partial charge in [0.15, 0.2) is 0 Å². The Kier molecular flexibility index (Phi) is 6.44. The van der Waals surface area contributed by atoms with Crippen LogP contribution in [0.2, 0.25) is 0 Å². The van der Waals surface area contributed by atoms with E-state index in [1.807, 2.05) is 0 Å². The van der Waals surface area contributed by atoms with Gasteiger partial charge in [-0.25, -0.2) is 4.79 Å². The van der Waals surface area contributed by atoms with Gasteiger partial charge < -0.3 is 20.9 Å². The van der Waals surface area contributed by atoms with E-state index in [1.165, 1.54) is 4.90 Å². The molecule has 3 N–H and O–H groups in total. The van der Waals surface area contributed by atoms with E-state index in [0.29, 0.717) is 13.1 Å². The molecule has 0 aromatic rings. The zero-order valence-corrected chi connectivity index (χ0v) is 9.76. The minimum atomic E-state index is -0.213. The third kappa shape index (κ3) is 5.90. The first kappa shape index (κ1) is 13.7. The van der Waals surface area contributed by atoms with E-state index in [2.05, 4.69) is 16.0 Å². The molecule has 0 saturated carbocycles. The largest absolute Gasteiger partial charge is 0.353 e. The number of carbonyl (C=O) groups excluding carboxylic acids is 2. The molecule has 88 valence electrons. The summed E-state index contributed by atoms with van der Waals surface area (Å²) in [6, 6.07) is -0.375. The molecule has 0 rings (SSSR count). The molecule has 0 aromatic carbocycles. The molecule has 0 aliphatic carbocycles. The molecule has 0 spiro atoms. The highest BCUT2D eigenvalue weighted by molar-refractivity contribution is 5.81. The van der Waals surface area contributed by atoms with Crippen molar-refractivity contribution in [1.82, 2.24) is 20.9 Å². The Bertz CT molecular complexity index is 218. The quantitative estimate of drug-likeness (QED) is 0.515. The Labute approximate surface area is 90.4 Å². The molecule has 6 nitrogen and oxygen atoms in total. The second-order valence-corrected chi connectivity index (χ2v) is 3.43. The number of urea groups is 1. The van der Waals surface area contributed by atoms with Crippen LogP contribution in [0, 0.1) is 0 Å². The van der Waals surface area contributed by atoms with Gasteiger partial charge in [-0.05, 0) is 14.0 Å². The fourth-order valence-corrected chi connectivity index (χ4v) is 0.797. The number of nitrogens with one attached hydrogen (secondary N) is 3. The van der Waals surface area contributed by atoms with Crippen LogP contribution in [0.1, 0.15) is 6.92 Å². The molecule has 0 aromatic heterocycles. The van der Waals surface area contributed by atoms with Crippen molar-refractivity contribution in [3.05, 3.63) is 0 Å². The third-order valence-electron chi connectivity index (χ3n) is 1.93. The number of hydrogen-bond donors (Lipinski definition) is 3. The van der Waals surface area contributed by atoms with Crippen molar-refractivity contribution in [3.63, 3.8) is 0 Å². The first-order valence-corrected chi connectivity index (χ1v) is 4.89. The van der Waals surface area contributed by atoms with Crippen molar-refractivity contribution in [3.8, 4) is 0 Å². The number of likely N-dealkylation sites (N-methyl/N-ethyl adjacent to an activating group) is 1. The van der Waals surface area contributed by atoms with Crippen LogP contribution in [0.4, 0.5) is 4.79 Å². The summed E-state index contributed by atoms with van der Waals surface area (Å²) < 4.78 is 0. The number of hydrogen-bond acceptors (Lipinski definition) is 3. The molecule has 15 heavy (non-hydrogen) atoms. The van der Waals surface area contributed by atoms with Crippen molar-refractivity contribution in [1.29, 1.82) is 0 Å². The maximum atomic E-state index is 11.3. The molecule has 3 amide bonds. The topological polar surface area (TPSA) is 73.5 Å². The van der Waals surface area contributed by atoms with Gasteiger partial charge in [-0.15, -0.1) is 0 Å². The third-order valence-corrected chi connectivity index (χ3v) is 1.93. The highest BCUT2D eigenvalue weighted by Gasteiger charge is 2.08. The molecule has 0 heterocycles. The molecule has 0 fully saturated rings. The average Bonchev–Trinajstić information content (AvgIpc) is 2.22. The molecular weight excluding hydrogens is 196 g/mol. The zero-order chi connectivity index (χ0) is 11.8. The van der Waals surface area contributed by atoms with Crippen molar-refractivity contribution >= 4 is 11.9 Å². The van der Waals surface area contributed by atoms with Gasteiger partial charge in [-0.1, -0.05) is 0 Å². The molecule has 1 unspecified atom stereocenters. The second-order valence-electron chi connectivity index (χ2n) is 3.43. The Morgan fingerprint density at radius 2 is 1.73 bits per heavy atom. The lowest BCUT2D eigenvalue weighted by atomic mass is 10.3. The van der Waals surface area contributed by atoms with E-state index in [1.54, 1.807) is 28.1 Å². The van der Waals surface area contributed by atoms with E-state index in [-0.39, 0.29) is 18.0 Å². The molecule has 6 heteroatoms. The maximum Gasteiger partial charge on any atom is 0.316 e. The van der Waals surface area contributed by atoms with E-state index >= 15 is 0 Å². The lowest BCUT2D eigenvalue weighted by Gasteiger charge is -2.13. The molecule has 0 bridgehead atoms. The first-order valence-electron chi connectivity index (χ1n) is 4.89. The standard InChI is InChI=1S/C9H20N4O2/c1-7(10-2)8(14)11-5-6-12-9(15)13(3)4/h7,10H,5-6H2,1-4H3,(H,11,14)(H,12,15). The van der Waals surface area contributed by atoms with Gasteiger partial charge in [0.05, 0.1) is 6.04 Å². The van der Waals surface area contributed by atoms with Crippen LogP contribution in [-0.2, 0) is 4.79 Å². The monoisotopic (exact) mass is 216 g/mol. The summed E-state index contributed by atoms with van der Waals surface area (Å²) in [6.45, 7) is 2.64. The summed E-state index contributed by atoms with van der Waals surface area (Å²) in [5, 5.41) is 8.16. The first-order chi connectivity index (χ1) is 6.99. The van der Waals surface area contributed by atoms with Crippen LogP contribution in [0.25, 0.3) is 0 Å². The van der Waals surface area contributed by atoms with E-state index in [0.717, 1.165) is 0 Å². The number of amides is 3. The highest BCUT2D eigenvalue weighted by atomic mass is 16.2. The Hall–Kier alpha value is -1.30. The summed E-state index contributed by atoms with van der Waals surface area (Å²) in [5.74, 6) is -0.0726. The Morgan fingerprint density at radius 1 is 1.20 bits per heavy atom. The van der Waals surface area contributed by atoms with Crippen molar-refractivity contribution < 1.29 is 9.59 Å². The SMILES string of the molecule is CNC(C)C(=O)NCCNC(=O)N(C)C. The maximum absolute atomic E-state index is 11.3. The van der Waals surface area contributed by atoms with Crippen LogP contribution < -0.4 is 16.0 Å². The van der Waals surface area contributed by atoms with Crippen LogP contribution in [-0.4, -0.2) is 57.1 Å². The number of nitrogens with zero attached hydrogens (tertiary/aromatic N) is 1. The van der Waals surface area contributed by atoms with Gasteiger partial charge >= 0.3 is 6.03 Å². The van der Waals surface area contributed by atoms with Crippen molar-refractivity contribution in [2.75, 3.05) is 34.2 Å². The van der Waals surface area contributed by atoms with E-state index in [9.17, 15) is 9.59 Å². The van der Waals surface area contributed by atoms with Crippen molar-refractivity contribution in [2.45, 2.75) is 13.0 Å². The van der Waals surface area contributed by atoms with E-state index < -0.39 is 0 Å². The lowest BCUT2D eigenvalue weighted by molar-refractivity contribution is -0.122. The van der Waals surface area contributed by atoms with Gasteiger partial charge in [-0.2, -0.15) is 0 Å². The predicted octanol–water partition coefficient (Wildman–Crippen LogP) is -1.02. The summed E-state index contributed by atoms with van der Waals surface area (Å²) in [4.78, 5) is 23.8. The van der Waals surface area contributed by atoms with E-state index in [4.69, 9.17) is 0 Å². The van der Waals surface area contributed by atoms with Crippen LogP contribution >= 0.6 is 0 Å². The van der Waals surface area contributed by atoms with Gasteiger partial charge in [0.1, 0.15) is 0 Å². The summed E-state index contributed by atoms with van der Waals surface area (Å²) in [5.41, 5.74) is 0. The number of carbonyl (C=O) groups is 2. The van der Waals surface area contributed by atoms with Gasteiger partial charge in [0.25, 0.3) is 0 Å². The Morgan fingerprint density at radius 3 is 2.20 bits per heavy atom. The normalized spacial score (nSPS) is 11.7. The number of rotatable bonds is 5. The fourth-order valence-electron chi connectivity index (χ4n) is 0.797. The smallest absolute Gasteiger partial charge is 0.316 e. The van der Waals surface area contributed by atoms with Crippen molar-refractivity contribution in [2.24, 2.45) is 0 Å². The summed E-state index contributed by atoms with van der Waals surface area (Å²) in [7, 11) is 5.05. The highest BCUT2D eigenvalue weighted by Crippen LogP contribution is 1.79. The molecule has 1 atom stereocenters. The van der Waals surface area contributed by atoms with Gasteiger partial charge in [0, 0.05) is 27.2 Å². The van der Waals surface area contributed by atoms with Gasteiger partial charge in [-0.3, -0.25) is 4.79 Å². The second kappa shape index (κ2) is 7.05. The molecule has 0 saturated heterocycles. The Balaban J connectivity index is 3.55. The lowest BCUT2D eigenvalue weighted by Crippen LogP contribution is -2.44. The molecule has 0 aliphatic rings. The molecule has 0 radical (unpaired) electrons. The molecular formula is C9H20N4O2. The molecule has 0 aliphatic heterocycles. The minimum Gasteiger partial charge on any atom is -0.353 e. The van der Waals surface area contributed by atoms with Crippen LogP contribution in [0.3, 0.4) is 0 Å². The summed E-state index contributed by atoms with van der Waals surface area (Å²) in [6.07, 6.45) is 0.